The lowest BCUT2D eigenvalue weighted by Gasteiger charge is -2.20. The van der Waals surface area contributed by atoms with Gasteiger partial charge in [-0.15, -0.1) is 0 Å². The van der Waals surface area contributed by atoms with Crippen LogP contribution in [0.5, 0.6) is 0 Å². The Hall–Kier alpha value is -1.66. The van der Waals surface area contributed by atoms with Crippen molar-refractivity contribution in [3.63, 3.8) is 0 Å². The van der Waals surface area contributed by atoms with Gasteiger partial charge >= 0.3 is 5.97 Å². The summed E-state index contributed by atoms with van der Waals surface area (Å²) in [7, 11) is 0. The number of aliphatic hydroxyl groups excluding tert-OH is 2. The van der Waals surface area contributed by atoms with Crippen LogP contribution in [0.25, 0.3) is 0 Å². The van der Waals surface area contributed by atoms with Crippen molar-refractivity contribution < 1.29 is 24.5 Å². The molecule has 2 atom stereocenters. The number of rotatable bonds is 55. The number of nitrogens with one attached hydrogen (secondary N) is 1. The van der Waals surface area contributed by atoms with Crippen molar-refractivity contribution in [1.82, 2.24) is 5.32 Å². The van der Waals surface area contributed by atoms with E-state index in [2.05, 4.69) is 31.3 Å². The second-order valence-corrected chi connectivity index (χ2v) is 20.3. The van der Waals surface area contributed by atoms with Gasteiger partial charge in [0, 0.05) is 12.8 Å². The Bertz CT molecular complexity index is 1030. The van der Waals surface area contributed by atoms with Crippen molar-refractivity contribution in [2.45, 2.75) is 334 Å². The minimum atomic E-state index is -0.851. The molecule has 0 fully saturated rings. The van der Waals surface area contributed by atoms with Crippen LogP contribution in [0.3, 0.4) is 0 Å². The smallest absolute Gasteiger partial charge is 0.305 e. The molecule has 1 amide bonds. The predicted molar refractivity (Wildman–Crippen MR) is 287 cm³/mol. The Morgan fingerprint density at radius 3 is 1.11 bits per heavy atom. The molecule has 0 radical (unpaired) electrons. The molecule has 66 heavy (non-hydrogen) atoms. The molecule has 3 N–H and O–H groups in total. The van der Waals surface area contributed by atoms with Crippen LogP contribution >= 0.6 is 0 Å². The topological polar surface area (TPSA) is 95.9 Å². The van der Waals surface area contributed by atoms with E-state index in [1.807, 2.05) is 6.08 Å². The van der Waals surface area contributed by atoms with Gasteiger partial charge in [-0.25, -0.2) is 0 Å². The van der Waals surface area contributed by atoms with Gasteiger partial charge in [0.1, 0.15) is 0 Å². The van der Waals surface area contributed by atoms with Gasteiger partial charge in [0.25, 0.3) is 0 Å². The average molecular weight is 931 g/mol. The number of unbranched alkanes of at least 4 members (excludes halogenated alkanes) is 42. The molecule has 0 aromatic carbocycles. The van der Waals surface area contributed by atoms with Crippen LogP contribution in [-0.2, 0) is 14.3 Å². The van der Waals surface area contributed by atoms with Gasteiger partial charge in [0.2, 0.25) is 5.91 Å². The predicted octanol–water partition coefficient (Wildman–Crippen LogP) is 18.2. The van der Waals surface area contributed by atoms with Crippen LogP contribution in [0.4, 0.5) is 0 Å². The van der Waals surface area contributed by atoms with Gasteiger partial charge < -0.3 is 20.3 Å². The maximum atomic E-state index is 12.5. The van der Waals surface area contributed by atoms with Crippen molar-refractivity contribution in [3.05, 3.63) is 24.3 Å². The number of allylic oxidation sites excluding steroid dienone is 3. The van der Waals surface area contributed by atoms with Crippen molar-refractivity contribution in [3.8, 4) is 0 Å². The van der Waals surface area contributed by atoms with E-state index in [0.29, 0.717) is 19.4 Å². The summed E-state index contributed by atoms with van der Waals surface area (Å²) in [5.41, 5.74) is 0. The molecule has 0 rings (SSSR count). The number of aliphatic hydroxyl groups is 2. The highest BCUT2D eigenvalue weighted by Crippen LogP contribution is 2.17. The first kappa shape index (κ1) is 64.3. The normalized spacial score (nSPS) is 12.7. The van der Waals surface area contributed by atoms with Crippen LogP contribution in [0, 0.1) is 0 Å². The largest absolute Gasteiger partial charge is 0.466 e. The number of amides is 1. The summed E-state index contributed by atoms with van der Waals surface area (Å²) in [6, 6.07) is -0.635. The Morgan fingerprint density at radius 2 is 0.712 bits per heavy atom. The SMILES string of the molecule is CCCCC/C=C\CCCCCCCC(=O)OCCCCCCCCCCCCCCCCCC(=O)NC(CO)C(O)/C=C/CCCCCCCCCCCCCCCCCCCCCC. The van der Waals surface area contributed by atoms with E-state index in [-0.39, 0.29) is 18.5 Å². The van der Waals surface area contributed by atoms with Gasteiger partial charge in [0.15, 0.2) is 0 Å². The molecule has 0 bridgehead atoms. The van der Waals surface area contributed by atoms with Crippen LogP contribution in [0.2, 0.25) is 0 Å². The minimum Gasteiger partial charge on any atom is -0.466 e. The van der Waals surface area contributed by atoms with E-state index in [1.165, 1.54) is 244 Å². The Morgan fingerprint density at radius 1 is 0.409 bits per heavy atom. The molecule has 0 aromatic heterocycles. The summed E-state index contributed by atoms with van der Waals surface area (Å²) >= 11 is 0. The minimum absolute atomic E-state index is 0.0101. The van der Waals surface area contributed by atoms with E-state index >= 15 is 0 Å². The first-order chi connectivity index (χ1) is 32.5. The summed E-state index contributed by atoms with van der Waals surface area (Å²) in [5.74, 6) is -0.0840. The highest BCUT2D eigenvalue weighted by Gasteiger charge is 2.18. The third-order valence-corrected chi connectivity index (χ3v) is 13.7. The number of ether oxygens (including phenoxy) is 1. The molecule has 0 heterocycles. The molecule has 2 unspecified atom stereocenters. The second kappa shape index (κ2) is 55.9. The highest BCUT2D eigenvalue weighted by atomic mass is 16.5. The lowest BCUT2D eigenvalue weighted by atomic mass is 10.0. The van der Waals surface area contributed by atoms with Crippen LogP contribution in [0.1, 0.15) is 322 Å². The Kier molecular flexibility index (Phi) is 54.5. The molecule has 6 heteroatoms. The molecule has 0 aliphatic carbocycles. The van der Waals surface area contributed by atoms with E-state index < -0.39 is 12.1 Å². The summed E-state index contributed by atoms with van der Waals surface area (Å²) < 4.78 is 5.46. The van der Waals surface area contributed by atoms with Crippen molar-refractivity contribution in [1.29, 1.82) is 0 Å². The summed E-state index contributed by atoms with van der Waals surface area (Å²) in [5, 5.41) is 23.2. The average Bonchev–Trinajstić information content (AvgIpc) is 3.32. The molecule has 0 aromatic rings. The quantitative estimate of drug-likeness (QED) is 0.0321. The third kappa shape index (κ3) is 51.7. The second-order valence-electron chi connectivity index (χ2n) is 20.3. The fourth-order valence-electron chi connectivity index (χ4n) is 9.16. The van der Waals surface area contributed by atoms with E-state index in [9.17, 15) is 19.8 Å². The zero-order chi connectivity index (χ0) is 47.9. The molecule has 0 aliphatic rings. The Labute approximate surface area is 411 Å². The first-order valence-electron chi connectivity index (χ1n) is 29.6. The molecule has 0 aliphatic heterocycles. The van der Waals surface area contributed by atoms with Gasteiger partial charge in [-0.1, -0.05) is 276 Å². The third-order valence-electron chi connectivity index (χ3n) is 13.7. The van der Waals surface area contributed by atoms with E-state index in [0.717, 1.165) is 51.4 Å². The molecular formula is C60H115NO5. The maximum Gasteiger partial charge on any atom is 0.305 e. The standard InChI is InChI=1S/C60H115NO5/c1-3-5-7-9-11-13-15-17-18-19-20-21-22-23-24-26-29-32-36-40-44-48-52-58(63)57(56-62)61-59(64)53-49-45-41-37-33-30-27-25-28-31-35-39-43-47-51-55-66-60(65)54-50-46-42-38-34-16-14-12-10-8-6-4-2/h12,14,48,52,57-58,62-63H,3-11,13,15-47,49-51,53-56H2,1-2H3,(H,61,64)/b14-12-,52-48+. The van der Waals surface area contributed by atoms with Crippen molar-refractivity contribution >= 4 is 11.9 Å². The monoisotopic (exact) mass is 930 g/mol. The number of esters is 1. The summed E-state index contributed by atoms with van der Waals surface area (Å²) in [6.45, 7) is 4.88. The fourth-order valence-corrected chi connectivity index (χ4v) is 9.16. The molecule has 6 nitrogen and oxygen atoms in total. The number of hydrogen-bond acceptors (Lipinski definition) is 5. The lowest BCUT2D eigenvalue weighted by Crippen LogP contribution is -2.45. The van der Waals surface area contributed by atoms with Gasteiger partial charge in [-0.05, 0) is 57.8 Å². The lowest BCUT2D eigenvalue weighted by molar-refractivity contribution is -0.143. The first-order valence-corrected chi connectivity index (χ1v) is 29.6. The number of hydrogen-bond donors (Lipinski definition) is 3. The van der Waals surface area contributed by atoms with E-state index in [1.54, 1.807) is 6.08 Å². The summed E-state index contributed by atoms with van der Waals surface area (Å²) in [6.07, 6.45) is 67.7. The zero-order valence-electron chi connectivity index (χ0n) is 44.4. The van der Waals surface area contributed by atoms with Crippen LogP contribution < -0.4 is 5.32 Å². The number of carbonyl (C=O) groups is 2. The highest BCUT2D eigenvalue weighted by molar-refractivity contribution is 5.76. The van der Waals surface area contributed by atoms with E-state index in [4.69, 9.17) is 4.74 Å². The van der Waals surface area contributed by atoms with Crippen molar-refractivity contribution in [2.24, 2.45) is 0 Å². The molecule has 0 saturated carbocycles. The molecule has 0 saturated heterocycles. The molecule has 0 spiro atoms. The molecular weight excluding hydrogens is 815 g/mol. The zero-order valence-corrected chi connectivity index (χ0v) is 44.4. The summed E-state index contributed by atoms with van der Waals surface area (Å²) in [4.78, 5) is 24.5. The Balaban J connectivity index is 3.47. The molecule has 390 valence electrons. The van der Waals surface area contributed by atoms with Crippen molar-refractivity contribution in [2.75, 3.05) is 13.2 Å². The number of carbonyl (C=O) groups excluding carboxylic acids is 2. The van der Waals surface area contributed by atoms with Crippen LogP contribution in [-0.4, -0.2) is 47.4 Å². The van der Waals surface area contributed by atoms with Crippen LogP contribution in [0.15, 0.2) is 24.3 Å². The van der Waals surface area contributed by atoms with Gasteiger partial charge in [-0.3, -0.25) is 9.59 Å². The van der Waals surface area contributed by atoms with Gasteiger partial charge in [0.05, 0.1) is 25.4 Å². The fraction of sp³-hybridized carbons (Fsp3) is 0.900. The maximum absolute atomic E-state index is 12.5. The van der Waals surface area contributed by atoms with Gasteiger partial charge in [-0.2, -0.15) is 0 Å².